The van der Waals surface area contributed by atoms with E-state index in [0.717, 1.165) is 48.0 Å². The van der Waals surface area contributed by atoms with Gasteiger partial charge in [-0.05, 0) is 72.4 Å². The summed E-state index contributed by atoms with van der Waals surface area (Å²) in [5.41, 5.74) is 2.06. The van der Waals surface area contributed by atoms with Crippen LogP contribution in [-0.4, -0.2) is 41.1 Å². The number of hydrogen-bond donors (Lipinski definition) is 2. The van der Waals surface area contributed by atoms with Gasteiger partial charge in [-0.1, -0.05) is 49.4 Å². The number of hydrogen-bond acceptors (Lipinski definition) is 3. The van der Waals surface area contributed by atoms with Crippen molar-refractivity contribution in [3.63, 3.8) is 0 Å². The van der Waals surface area contributed by atoms with Gasteiger partial charge in [-0.25, -0.2) is 0 Å². The second-order valence-corrected chi connectivity index (χ2v) is 8.41. The van der Waals surface area contributed by atoms with E-state index < -0.39 is 5.54 Å². The van der Waals surface area contributed by atoms with Crippen LogP contribution in [0.2, 0.25) is 0 Å². The van der Waals surface area contributed by atoms with Gasteiger partial charge in [-0.3, -0.25) is 9.69 Å². The van der Waals surface area contributed by atoms with Crippen LogP contribution < -0.4 is 5.32 Å². The molecule has 1 aliphatic rings. The first kappa shape index (κ1) is 21.0. The standard InChI is InChI=1S/C23H29BrN2O2/c1-3-23(16-27,26-14-7-8-15-26)21(18-11-5-4-6-12-18)25-22(28)20-17(2)10-9-13-19(20)24/h4-6,9-13,21,27H,3,7-8,14-16H2,1-2H3,(H,25,28). The van der Waals surface area contributed by atoms with Crippen molar-refractivity contribution in [2.45, 2.75) is 44.7 Å². The quantitative estimate of drug-likeness (QED) is 0.662. The largest absolute Gasteiger partial charge is 0.394 e. The Morgan fingerprint density at radius 2 is 1.86 bits per heavy atom. The highest BCUT2D eigenvalue weighted by Crippen LogP contribution is 2.37. The molecular weight excluding hydrogens is 416 g/mol. The van der Waals surface area contributed by atoms with Crippen LogP contribution in [0, 0.1) is 6.92 Å². The summed E-state index contributed by atoms with van der Waals surface area (Å²) in [5, 5.41) is 13.8. The molecule has 2 N–H and O–H groups in total. The van der Waals surface area contributed by atoms with Crippen LogP contribution in [0.3, 0.4) is 0 Å². The van der Waals surface area contributed by atoms with E-state index in [-0.39, 0.29) is 18.6 Å². The molecule has 1 saturated heterocycles. The minimum Gasteiger partial charge on any atom is -0.394 e. The first-order valence-corrected chi connectivity index (χ1v) is 10.8. The van der Waals surface area contributed by atoms with Crippen molar-refractivity contribution in [3.05, 3.63) is 69.7 Å². The molecule has 0 bridgehead atoms. The number of carbonyl (C=O) groups is 1. The lowest BCUT2D eigenvalue weighted by molar-refractivity contribution is 0.0107. The van der Waals surface area contributed by atoms with Crippen molar-refractivity contribution in [2.75, 3.05) is 19.7 Å². The van der Waals surface area contributed by atoms with Gasteiger partial charge in [0.25, 0.3) is 5.91 Å². The molecule has 2 unspecified atom stereocenters. The molecule has 3 rings (SSSR count). The lowest BCUT2D eigenvalue weighted by Crippen LogP contribution is -2.58. The molecule has 0 aromatic heterocycles. The lowest BCUT2D eigenvalue weighted by Gasteiger charge is -2.46. The number of aryl methyl sites for hydroxylation is 1. The molecule has 1 heterocycles. The van der Waals surface area contributed by atoms with E-state index in [9.17, 15) is 9.90 Å². The van der Waals surface area contributed by atoms with Gasteiger partial charge in [0.1, 0.15) is 0 Å². The molecule has 5 heteroatoms. The van der Waals surface area contributed by atoms with Gasteiger partial charge >= 0.3 is 0 Å². The summed E-state index contributed by atoms with van der Waals surface area (Å²) in [7, 11) is 0. The highest BCUT2D eigenvalue weighted by molar-refractivity contribution is 9.10. The molecule has 0 saturated carbocycles. The molecule has 1 fully saturated rings. The van der Waals surface area contributed by atoms with Crippen LogP contribution in [0.1, 0.15) is 53.7 Å². The summed E-state index contributed by atoms with van der Waals surface area (Å²) in [4.78, 5) is 15.7. The lowest BCUT2D eigenvalue weighted by atomic mass is 9.81. The van der Waals surface area contributed by atoms with Crippen molar-refractivity contribution < 1.29 is 9.90 Å². The van der Waals surface area contributed by atoms with Gasteiger partial charge < -0.3 is 10.4 Å². The average molecular weight is 445 g/mol. The maximum Gasteiger partial charge on any atom is 0.253 e. The Labute approximate surface area is 176 Å². The topological polar surface area (TPSA) is 52.6 Å². The molecular formula is C23H29BrN2O2. The van der Waals surface area contributed by atoms with E-state index in [0.29, 0.717) is 5.56 Å². The van der Waals surface area contributed by atoms with Gasteiger partial charge in [-0.2, -0.15) is 0 Å². The average Bonchev–Trinajstić information content (AvgIpc) is 3.24. The number of carbonyl (C=O) groups excluding carboxylic acids is 1. The maximum absolute atomic E-state index is 13.3. The molecule has 0 spiro atoms. The van der Waals surface area contributed by atoms with Gasteiger partial charge in [0, 0.05) is 4.47 Å². The van der Waals surface area contributed by atoms with Gasteiger partial charge in [-0.15, -0.1) is 0 Å². The molecule has 4 nitrogen and oxygen atoms in total. The summed E-state index contributed by atoms with van der Waals surface area (Å²) in [6.07, 6.45) is 3.00. The highest BCUT2D eigenvalue weighted by Gasteiger charge is 2.44. The Kier molecular flexibility index (Phi) is 6.91. The number of halogens is 1. The van der Waals surface area contributed by atoms with Crippen molar-refractivity contribution in [1.29, 1.82) is 0 Å². The van der Waals surface area contributed by atoms with E-state index in [4.69, 9.17) is 0 Å². The Hall–Kier alpha value is -1.69. The van der Waals surface area contributed by atoms with Crippen molar-refractivity contribution in [2.24, 2.45) is 0 Å². The monoisotopic (exact) mass is 444 g/mol. The summed E-state index contributed by atoms with van der Waals surface area (Å²) in [5.74, 6) is -0.121. The zero-order chi connectivity index (χ0) is 20.1. The second-order valence-electron chi connectivity index (χ2n) is 7.56. The van der Waals surface area contributed by atoms with Crippen LogP contribution in [0.15, 0.2) is 53.0 Å². The van der Waals surface area contributed by atoms with E-state index in [2.05, 4.69) is 33.1 Å². The summed E-state index contributed by atoms with van der Waals surface area (Å²) in [6, 6.07) is 15.5. The maximum atomic E-state index is 13.3. The molecule has 2 aromatic carbocycles. The minimum absolute atomic E-state index is 0.00170. The number of aliphatic hydroxyl groups excluding tert-OH is 1. The number of amides is 1. The van der Waals surface area contributed by atoms with Crippen molar-refractivity contribution >= 4 is 21.8 Å². The third-order valence-corrected chi connectivity index (χ3v) is 6.68. The first-order valence-electron chi connectivity index (χ1n) is 10.0. The van der Waals surface area contributed by atoms with E-state index >= 15 is 0 Å². The van der Waals surface area contributed by atoms with E-state index in [1.807, 2.05) is 55.5 Å². The number of nitrogens with zero attached hydrogens (tertiary/aromatic N) is 1. The van der Waals surface area contributed by atoms with Crippen LogP contribution in [-0.2, 0) is 0 Å². The Bertz CT molecular complexity index is 779. The van der Waals surface area contributed by atoms with E-state index in [1.54, 1.807) is 0 Å². The molecule has 1 amide bonds. The fraction of sp³-hybridized carbons (Fsp3) is 0.435. The fourth-order valence-corrected chi connectivity index (χ4v) is 5.02. The SMILES string of the molecule is CCC(CO)(C(NC(=O)c1c(C)cccc1Br)c1ccccc1)N1CCCC1. The van der Waals surface area contributed by atoms with Gasteiger partial charge in [0.2, 0.25) is 0 Å². The highest BCUT2D eigenvalue weighted by atomic mass is 79.9. The summed E-state index contributed by atoms with van der Waals surface area (Å²) in [6.45, 7) is 5.93. The fourth-order valence-electron chi connectivity index (χ4n) is 4.37. The molecule has 1 aliphatic heterocycles. The number of aliphatic hydroxyl groups is 1. The van der Waals surface area contributed by atoms with Gasteiger partial charge in [0.05, 0.1) is 23.8 Å². The molecule has 2 atom stereocenters. The minimum atomic E-state index is -0.525. The Balaban J connectivity index is 2.03. The molecule has 0 radical (unpaired) electrons. The van der Waals surface area contributed by atoms with Crippen molar-refractivity contribution in [1.82, 2.24) is 10.2 Å². The predicted octanol–water partition coefficient (Wildman–Crippen LogP) is 4.47. The number of rotatable bonds is 7. The smallest absolute Gasteiger partial charge is 0.253 e. The van der Waals surface area contributed by atoms with Crippen LogP contribution in [0.25, 0.3) is 0 Å². The van der Waals surface area contributed by atoms with Crippen LogP contribution >= 0.6 is 15.9 Å². The van der Waals surface area contributed by atoms with Crippen molar-refractivity contribution in [3.8, 4) is 0 Å². The summed E-state index contributed by atoms with van der Waals surface area (Å²) < 4.78 is 0.782. The zero-order valence-electron chi connectivity index (χ0n) is 16.6. The Morgan fingerprint density at radius 3 is 2.43 bits per heavy atom. The predicted molar refractivity (Wildman–Crippen MR) is 116 cm³/mol. The van der Waals surface area contributed by atoms with Gasteiger partial charge in [0.15, 0.2) is 0 Å². The normalized spacial score (nSPS) is 17.9. The van der Waals surface area contributed by atoms with E-state index in [1.165, 1.54) is 0 Å². The first-order chi connectivity index (χ1) is 13.5. The zero-order valence-corrected chi connectivity index (χ0v) is 18.2. The molecule has 28 heavy (non-hydrogen) atoms. The third kappa shape index (κ3) is 4.02. The number of likely N-dealkylation sites (tertiary alicyclic amines) is 1. The van der Waals surface area contributed by atoms with Crippen LogP contribution in [0.5, 0.6) is 0 Å². The number of benzene rings is 2. The molecule has 0 aliphatic carbocycles. The Morgan fingerprint density at radius 1 is 1.18 bits per heavy atom. The van der Waals surface area contributed by atoms with Crippen LogP contribution in [0.4, 0.5) is 0 Å². The second kappa shape index (κ2) is 9.21. The third-order valence-electron chi connectivity index (χ3n) is 6.02. The summed E-state index contributed by atoms with van der Waals surface area (Å²) >= 11 is 3.52. The molecule has 2 aromatic rings. The molecule has 150 valence electrons. The number of nitrogens with one attached hydrogen (secondary N) is 1.